The average Bonchev–Trinajstić information content (AvgIpc) is 3.91. The molecule has 2 aromatic heterocycles. The van der Waals surface area contributed by atoms with E-state index in [9.17, 15) is 0 Å². The van der Waals surface area contributed by atoms with Crippen molar-refractivity contribution < 1.29 is 0 Å². The second kappa shape index (κ2) is 16.2. The highest BCUT2D eigenvalue weighted by Crippen LogP contribution is 2.45. The summed E-state index contributed by atoms with van der Waals surface area (Å²) in [7, 11) is 0. The molecule has 10 aromatic rings. The van der Waals surface area contributed by atoms with Crippen molar-refractivity contribution in [2.75, 3.05) is 9.80 Å². The Hall–Kier alpha value is -7.66. The van der Waals surface area contributed by atoms with Gasteiger partial charge in [0.2, 0.25) is 0 Å². The van der Waals surface area contributed by atoms with Gasteiger partial charge in [-0.1, -0.05) is 146 Å². The summed E-state index contributed by atoms with van der Waals surface area (Å²) in [4.78, 5) is 5.03. The zero-order valence-electron chi connectivity index (χ0n) is 35.4. The minimum atomic E-state index is 0.0943. The van der Waals surface area contributed by atoms with E-state index in [4.69, 9.17) is 0 Å². The molecule has 0 radical (unpaired) electrons. The first-order valence-corrected chi connectivity index (χ1v) is 23.2. The monoisotopic (exact) mass is 839 g/mol. The van der Waals surface area contributed by atoms with E-state index < -0.39 is 0 Å². The Bertz CT molecular complexity index is 3480. The Morgan fingerprint density at radius 3 is 1.97 bits per heavy atom. The van der Waals surface area contributed by atoms with E-state index in [0.717, 1.165) is 53.3 Å². The van der Waals surface area contributed by atoms with Gasteiger partial charge in [-0.25, -0.2) is 0 Å². The fraction of sp³-hybridized carbons (Fsp3) is 0.0667. The molecule has 2 aliphatic carbocycles. The van der Waals surface area contributed by atoms with Gasteiger partial charge in [0, 0.05) is 65.1 Å². The van der Waals surface area contributed by atoms with Crippen LogP contribution in [0.1, 0.15) is 24.8 Å². The standard InChI is InChI=1S/C60H45N3S/c1-5-17-42(18-6-1)43-29-32-49(33-30-43)61(46-19-7-2-8-20-46)51-37-45(44-31-35-54-53-25-13-15-27-57(53)63(58(54)39-44)48-23-11-4-12-24-48)38-52(40-51)62(47-21-9-3-10-22-47)50-34-36-60-56(41-50)55-26-14-16-28-59(55)64-60/h1-2,4-9,11-32,34-41,49H,3,10,33H2. The van der Waals surface area contributed by atoms with Gasteiger partial charge in [-0.2, -0.15) is 0 Å². The maximum atomic E-state index is 2.54. The molecule has 4 heteroatoms. The van der Waals surface area contributed by atoms with Gasteiger partial charge in [0.1, 0.15) is 0 Å². The minimum absolute atomic E-state index is 0.0943. The summed E-state index contributed by atoms with van der Waals surface area (Å²) in [5.41, 5.74) is 14.1. The van der Waals surface area contributed by atoms with Gasteiger partial charge in [0.15, 0.2) is 0 Å². The number of aromatic nitrogens is 1. The molecule has 0 amide bonds. The molecule has 2 aliphatic rings. The molecule has 0 aliphatic heterocycles. The van der Waals surface area contributed by atoms with Gasteiger partial charge in [0.25, 0.3) is 0 Å². The van der Waals surface area contributed by atoms with Crippen molar-refractivity contribution in [1.82, 2.24) is 4.57 Å². The van der Waals surface area contributed by atoms with Gasteiger partial charge in [-0.3, -0.25) is 0 Å². The molecule has 1 atom stereocenters. The Labute approximate surface area is 378 Å². The number of fused-ring (bicyclic) bond motifs is 6. The van der Waals surface area contributed by atoms with Gasteiger partial charge in [-0.05, 0) is 126 Å². The highest BCUT2D eigenvalue weighted by atomic mass is 32.1. The molecular formula is C60H45N3S. The second-order valence-electron chi connectivity index (χ2n) is 16.8. The molecule has 64 heavy (non-hydrogen) atoms. The highest BCUT2D eigenvalue weighted by molar-refractivity contribution is 7.25. The van der Waals surface area contributed by atoms with Crippen LogP contribution >= 0.6 is 11.3 Å². The Balaban J connectivity index is 1.09. The summed E-state index contributed by atoms with van der Waals surface area (Å²) in [6.07, 6.45) is 17.1. The van der Waals surface area contributed by atoms with Gasteiger partial charge in [-0.15, -0.1) is 11.3 Å². The molecule has 0 bridgehead atoms. The quantitative estimate of drug-likeness (QED) is 0.143. The number of para-hydroxylation sites is 3. The lowest BCUT2D eigenvalue weighted by Crippen LogP contribution is -2.30. The predicted octanol–water partition coefficient (Wildman–Crippen LogP) is 16.7. The zero-order chi connectivity index (χ0) is 42.4. The maximum Gasteiger partial charge on any atom is 0.0560 e. The van der Waals surface area contributed by atoms with Crippen molar-refractivity contribution in [1.29, 1.82) is 0 Å². The highest BCUT2D eigenvalue weighted by Gasteiger charge is 2.25. The van der Waals surface area contributed by atoms with E-state index in [2.05, 4.69) is 245 Å². The maximum absolute atomic E-state index is 2.54. The number of rotatable bonds is 9. The van der Waals surface area contributed by atoms with Crippen LogP contribution < -0.4 is 9.80 Å². The average molecular weight is 840 g/mol. The van der Waals surface area contributed by atoms with Crippen molar-refractivity contribution in [3.05, 3.63) is 242 Å². The number of hydrogen-bond acceptors (Lipinski definition) is 3. The third-order valence-corrected chi connectivity index (χ3v) is 14.0. The summed E-state index contributed by atoms with van der Waals surface area (Å²) < 4.78 is 5.04. The van der Waals surface area contributed by atoms with E-state index >= 15 is 0 Å². The molecule has 12 rings (SSSR count). The molecule has 1 unspecified atom stereocenters. The zero-order valence-corrected chi connectivity index (χ0v) is 36.2. The van der Waals surface area contributed by atoms with E-state index in [1.165, 1.54) is 64.4 Å². The van der Waals surface area contributed by atoms with Crippen molar-refractivity contribution in [3.8, 4) is 16.8 Å². The molecule has 2 heterocycles. The SMILES string of the molecule is C1=CC(N(c2cc(-c3ccc4c5ccccc5n(-c5ccccc5)c4c3)cc(N(c3ccccc3)C3C=CC(c4ccccc4)=CC3)c2)c2ccc3sc4ccccc4c3c2)=CCC1. The largest absolute Gasteiger partial charge is 0.334 e. The summed E-state index contributed by atoms with van der Waals surface area (Å²) >= 11 is 1.87. The predicted molar refractivity (Wildman–Crippen MR) is 275 cm³/mol. The van der Waals surface area contributed by atoms with Gasteiger partial charge < -0.3 is 14.4 Å². The molecule has 0 fully saturated rings. The molecule has 8 aromatic carbocycles. The molecule has 3 nitrogen and oxygen atoms in total. The van der Waals surface area contributed by atoms with Crippen molar-refractivity contribution in [2.24, 2.45) is 0 Å². The summed E-state index contributed by atoms with van der Waals surface area (Å²) in [6.45, 7) is 0. The van der Waals surface area contributed by atoms with Crippen molar-refractivity contribution >= 4 is 81.6 Å². The fourth-order valence-electron chi connectivity index (χ4n) is 9.87. The third-order valence-electron chi connectivity index (χ3n) is 12.9. The summed E-state index contributed by atoms with van der Waals surface area (Å²) in [6, 6.07) is 71.4. The number of allylic oxidation sites excluding steroid dienone is 5. The van der Waals surface area contributed by atoms with Crippen LogP contribution in [0.4, 0.5) is 22.7 Å². The number of nitrogens with zero attached hydrogens (tertiary/aromatic N) is 3. The smallest absolute Gasteiger partial charge is 0.0560 e. The number of thiophene rings is 1. The van der Waals surface area contributed by atoms with E-state index in [1.807, 2.05) is 11.3 Å². The number of hydrogen-bond donors (Lipinski definition) is 0. The van der Waals surface area contributed by atoms with Crippen LogP contribution in [0.5, 0.6) is 0 Å². The van der Waals surface area contributed by atoms with Crippen LogP contribution in [-0.4, -0.2) is 10.6 Å². The van der Waals surface area contributed by atoms with Crippen LogP contribution in [-0.2, 0) is 0 Å². The molecule has 306 valence electrons. The molecule has 0 N–H and O–H groups in total. The van der Waals surface area contributed by atoms with E-state index in [1.54, 1.807) is 0 Å². The Morgan fingerprint density at radius 1 is 0.453 bits per heavy atom. The van der Waals surface area contributed by atoms with Crippen LogP contribution in [0.25, 0.3) is 64.4 Å². The molecule has 0 saturated carbocycles. The van der Waals surface area contributed by atoms with E-state index in [-0.39, 0.29) is 6.04 Å². The first-order chi connectivity index (χ1) is 31.7. The summed E-state index contributed by atoms with van der Waals surface area (Å²) in [5.74, 6) is 0. The lowest BCUT2D eigenvalue weighted by molar-refractivity contribution is 0.787. The molecule has 0 saturated heterocycles. The van der Waals surface area contributed by atoms with Gasteiger partial charge >= 0.3 is 0 Å². The third kappa shape index (κ3) is 6.84. The Morgan fingerprint density at radius 2 is 1.17 bits per heavy atom. The van der Waals surface area contributed by atoms with E-state index in [0.29, 0.717) is 0 Å². The Kier molecular flexibility index (Phi) is 9.65. The van der Waals surface area contributed by atoms with Crippen LogP contribution in [0.3, 0.4) is 0 Å². The molecule has 0 spiro atoms. The lowest BCUT2D eigenvalue weighted by atomic mass is 9.95. The normalized spacial score (nSPS) is 14.9. The van der Waals surface area contributed by atoms with Crippen molar-refractivity contribution in [2.45, 2.75) is 25.3 Å². The fourth-order valence-corrected chi connectivity index (χ4v) is 11.0. The minimum Gasteiger partial charge on any atom is -0.334 e. The van der Waals surface area contributed by atoms with Gasteiger partial charge in [0.05, 0.1) is 17.1 Å². The lowest BCUT2D eigenvalue weighted by Gasteiger charge is -2.35. The first-order valence-electron chi connectivity index (χ1n) is 22.3. The molecular weight excluding hydrogens is 795 g/mol. The van der Waals surface area contributed by atoms with Crippen LogP contribution in [0, 0.1) is 0 Å². The number of anilines is 4. The number of benzene rings is 8. The second-order valence-corrected chi connectivity index (χ2v) is 17.9. The topological polar surface area (TPSA) is 11.4 Å². The first kappa shape index (κ1) is 38.0. The van der Waals surface area contributed by atoms with Crippen molar-refractivity contribution in [3.63, 3.8) is 0 Å². The summed E-state index contributed by atoms with van der Waals surface area (Å²) in [5, 5.41) is 5.09. The van der Waals surface area contributed by atoms with Crippen LogP contribution in [0.15, 0.2) is 236 Å². The van der Waals surface area contributed by atoms with Crippen LogP contribution in [0.2, 0.25) is 0 Å².